The zero-order valence-corrected chi connectivity index (χ0v) is 16.0. The van der Waals surface area contributed by atoms with Gasteiger partial charge in [-0.1, -0.05) is 12.1 Å². The van der Waals surface area contributed by atoms with Crippen LogP contribution in [-0.2, 0) is 0 Å². The number of nitriles is 1. The lowest BCUT2D eigenvalue weighted by molar-refractivity contribution is 0.0827. The van der Waals surface area contributed by atoms with Crippen molar-refractivity contribution in [3.05, 3.63) is 78.0 Å². The van der Waals surface area contributed by atoms with Crippen molar-refractivity contribution in [3.8, 4) is 17.2 Å². The largest absolute Gasteiger partial charge is 0.345 e. The highest BCUT2D eigenvalue weighted by molar-refractivity contribution is 5.94. The first-order valence-electron chi connectivity index (χ1n) is 9.00. The molecule has 1 N–H and O–H groups in total. The monoisotopic (exact) mass is 382 g/mol. The van der Waals surface area contributed by atoms with Crippen LogP contribution in [0.2, 0.25) is 0 Å². The lowest BCUT2D eigenvalue weighted by Crippen LogP contribution is -2.21. The molecule has 29 heavy (non-hydrogen) atoms. The Balaban J connectivity index is 1.62. The van der Waals surface area contributed by atoms with Gasteiger partial charge in [0.2, 0.25) is 5.95 Å². The summed E-state index contributed by atoms with van der Waals surface area (Å²) >= 11 is 0. The molecule has 7 nitrogen and oxygen atoms in total. The summed E-state index contributed by atoms with van der Waals surface area (Å²) in [7, 11) is 3.45. The van der Waals surface area contributed by atoms with Gasteiger partial charge in [0.1, 0.15) is 0 Å². The molecular weight excluding hydrogens is 364 g/mol. The number of nitrogens with zero attached hydrogens (tertiary/aromatic N) is 5. The van der Waals surface area contributed by atoms with Gasteiger partial charge < -0.3 is 10.2 Å². The number of benzene rings is 2. The number of hydrogen-bond acceptors (Lipinski definition) is 5. The number of carbonyl (C=O) groups excluding carboxylic acids is 1. The average molecular weight is 382 g/mol. The van der Waals surface area contributed by atoms with E-state index >= 15 is 0 Å². The number of pyridine rings is 1. The van der Waals surface area contributed by atoms with Gasteiger partial charge in [-0.3, -0.25) is 4.79 Å². The minimum absolute atomic E-state index is 0.0468. The van der Waals surface area contributed by atoms with E-state index in [1.165, 1.54) is 4.90 Å². The third-order valence-electron chi connectivity index (χ3n) is 4.48. The third-order valence-corrected chi connectivity index (χ3v) is 4.48. The maximum absolute atomic E-state index is 12.0. The predicted molar refractivity (Wildman–Crippen MR) is 111 cm³/mol. The lowest BCUT2D eigenvalue weighted by Gasteiger charge is -2.10. The molecule has 0 unspecified atom stereocenters. The van der Waals surface area contributed by atoms with E-state index in [-0.39, 0.29) is 5.91 Å². The number of nitrogens with one attached hydrogen (secondary N) is 1. The van der Waals surface area contributed by atoms with Crippen LogP contribution in [0.4, 0.5) is 11.6 Å². The van der Waals surface area contributed by atoms with Crippen LogP contribution >= 0.6 is 0 Å². The molecule has 0 spiro atoms. The normalized spacial score (nSPS) is 10.5. The molecular formula is C22H18N6O. The highest BCUT2D eigenvalue weighted by atomic mass is 16.2. The van der Waals surface area contributed by atoms with Crippen molar-refractivity contribution in [1.82, 2.24) is 19.5 Å². The summed E-state index contributed by atoms with van der Waals surface area (Å²) in [6.07, 6.45) is 1.83. The fourth-order valence-electron chi connectivity index (χ4n) is 2.99. The molecule has 0 fully saturated rings. The first kappa shape index (κ1) is 18.2. The van der Waals surface area contributed by atoms with E-state index in [0.717, 1.165) is 16.8 Å². The SMILES string of the molecule is CN(C)C(=O)c1ccc(Nc2nc3c(-c4ccc(C#N)cc4)cccn3n2)cc1. The maximum atomic E-state index is 12.0. The second-order valence-electron chi connectivity index (χ2n) is 6.72. The summed E-state index contributed by atoms with van der Waals surface area (Å²) in [5.41, 5.74) is 4.60. The fourth-order valence-corrected chi connectivity index (χ4v) is 2.99. The maximum Gasteiger partial charge on any atom is 0.253 e. The van der Waals surface area contributed by atoms with Crippen molar-refractivity contribution in [2.45, 2.75) is 0 Å². The molecule has 0 saturated heterocycles. The topological polar surface area (TPSA) is 86.3 Å². The van der Waals surface area contributed by atoms with Crippen LogP contribution in [-0.4, -0.2) is 39.5 Å². The van der Waals surface area contributed by atoms with Gasteiger partial charge in [0.15, 0.2) is 5.65 Å². The highest BCUT2D eigenvalue weighted by Gasteiger charge is 2.11. The van der Waals surface area contributed by atoms with Crippen molar-refractivity contribution in [2.24, 2.45) is 0 Å². The molecule has 0 saturated carbocycles. The van der Waals surface area contributed by atoms with E-state index in [4.69, 9.17) is 5.26 Å². The van der Waals surface area contributed by atoms with Crippen molar-refractivity contribution >= 4 is 23.2 Å². The van der Waals surface area contributed by atoms with Gasteiger partial charge in [-0.2, -0.15) is 10.2 Å². The number of aromatic nitrogens is 3. The molecule has 4 rings (SSSR count). The molecule has 0 atom stereocenters. The Morgan fingerprint density at radius 1 is 1.07 bits per heavy atom. The number of fused-ring (bicyclic) bond motifs is 1. The van der Waals surface area contributed by atoms with Gasteiger partial charge in [0.05, 0.1) is 11.6 Å². The summed E-state index contributed by atoms with van der Waals surface area (Å²) in [6, 6.07) is 20.5. The summed E-state index contributed by atoms with van der Waals surface area (Å²) in [6.45, 7) is 0. The van der Waals surface area contributed by atoms with E-state index in [0.29, 0.717) is 22.7 Å². The Kier molecular flexibility index (Phi) is 4.67. The highest BCUT2D eigenvalue weighted by Crippen LogP contribution is 2.25. The second kappa shape index (κ2) is 7.44. The van der Waals surface area contributed by atoms with E-state index in [2.05, 4.69) is 21.5 Å². The average Bonchev–Trinajstić information content (AvgIpc) is 3.16. The van der Waals surface area contributed by atoms with Crippen LogP contribution in [0.3, 0.4) is 0 Å². The molecule has 0 aliphatic rings. The van der Waals surface area contributed by atoms with E-state index in [1.54, 1.807) is 42.9 Å². The molecule has 0 aliphatic carbocycles. The van der Waals surface area contributed by atoms with Crippen LogP contribution in [0.25, 0.3) is 16.8 Å². The third kappa shape index (κ3) is 3.64. The van der Waals surface area contributed by atoms with Gasteiger partial charge in [0.25, 0.3) is 5.91 Å². The van der Waals surface area contributed by atoms with Crippen LogP contribution in [0.1, 0.15) is 15.9 Å². The molecule has 0 aliphatic heterocycles. The van der Waals surface area contributed by atoms with E-state index < -0.39 is 0 Å². The number of amides is 1. The summed E-state index contributed by atoms with van der Waals surface area (Å²) < 4.78 is 1.71. The minimum atomic E-state index is -0.0468. The van der Waals surface area contributed by atoms with Gasteiger partial charge in [-0.25, -0.2) is 4.52 Å². The molecule has 0 bridgehead atoms. The Labute approximate surface area is 167 Å². The fraction of sp³-hybridized carbons (Fsp3) is 0.0909. The molecule has 1 amide bonds. The van der Waals surface area contributed by atoms with Crippen molar-refractivity contribution in [1.29, 1.82) is 5.26 Å². The molecule has 2 aromatic heterocycles. The van der Waals surface area contributed by atoms with Crippen molar-refractivity contribution < 1.29 is 4.79 Å². The summed E-state index contributed by atoms with van der Waals surface area (Å²) in [4.78, 5) is 18.2. The first-order chi connectivity index (χ1) is 14.0. The van der Waals surface area contributed by atoms with Crippen molar-refractivity contribution in [2.75, 3.05) is 19.4 Å². The standard InChI is InChI=1S/C22H18N6O/c1-27(2)21(29)17-9-11-18(12-10-17)24-22-25-20-19(4-3-13-28(20)26-22)16-7-5-15(14-23)6-8-16/h3-13H,1-2H3,(H,24,26). The van der Waals surface area contributed by atoms with E-state index in [1.807, 2.05) is 42.6 Å². The minimum Gasteiger partial charge on any atom is -0.345 e. The quantitative estimate of drug-likeness (QED) is 0.581. The Morgan fingerprint density at radius 3 is 2.45 bits per heavy atom. The molecule has 2 heterocycles. The Morgan fingerprint density at radius 2 is 1.79 bits per heavy atom. The second-order valence-corrected chi connectivity index (χ2v) is 6.72. The van der Waals surface area contributed by atoms with E-state index in [9.17, 15) is 4.79 Å². The molecule has 7 heteroatoms. The molecule has 2 aromatic carbocycles. The number of carbonyl (C=O) groups is 1. The zero-order chi connectivity index (χ0) is 20.4. The van der Waals surface area contributed by atoms with Gasteiger partial charge in [0, 0.05) is 37.1 Å². The smallest absolute Gasteiger partial charge is 0.253 e. The zero-order valence-electron chi connectivity index (χ0n) is 16.0. The Hall–Kier alpha value is -4.18. The number of anilines is 2. The van der Waals surface area contributed by atoms with Gasteiger partial charge in [-0.15, -0.1) is 5.10 Å². The molecule has 0 radical (unpaired) electrons. The number of rotatable bonds is 4. The molecule has 4 aromatic rings. The first-order valence-corrected chi connectivity index (χ1v) is 9.00. The van der Waals surface area contributed by atoms with Gasteiger partial charge in [-0.05, 0) is 54.1 Å². The van der Waals surface area contributed by atoms with Crippen LogP contribution < -0.4 is 5.32 Å². The van der Waals surface area contributed by atoms with Crippen LogP contribution in [0.15, 0.2) is 66.9 Å². The van der Waals surface area contributed by atoms with Gasteiger partial charge >= 0.3 is 0 Å². The summed E-state index contributed by atoms with van der Waals surface area (Å²) in [5.74, 6) is 0.409. The predicted octanol–water partition coefficient (Wildman–Crippen LogP) is 3.71. The summed E-state index contributed by atoms with van der Waals surface area (Å²) in [5, 5.41) is 16.6. The molecule has 142 valence electrons. The number of hydrogen-bond donors (Lipinski definition) is 1. The van der Waals surface area contributed by atoms with Crippen molar-refractivity contribution in [3.63, 3.8) is 0 Å². The van der Waals surface area contributed by atoms with Crippen LogP contribution in [0, 0.1) is 11.3 Å². The lowest BCUT2D eigenvalue weighted by atomic mass is 10.1. The van der Waals surface area contributed by atoms with Crippen LogP contribution in [0.5, 0.6) is 0 Å². The Bertz CT molecular complexity index is 1220.